The van der Waals surface area contributed by atoms with Crippen molar-refractivity contribution in [3.8, 4) is 0 Å². The van der Waals surface area contributed by atoms with E-state index in [-0.39, 0.29) is 5.91 Å². The van der Waals surface area contributed by atoms with Gasteiger partial charge in [-0.15, -0.1) is 0 Å². The van der Waals surface area contributed by atoms with E-state index in [1.165, 1.54) is 31.9 Å². The minimum atomic E-state index is -0.118. The lowest BCUT2D eigenvalue weighted by atomic mass is 9.89. The van der Waals surface area contributed by atoms with Crippen LogP contribution < -0.4 is 5.32 Å². The van der Waals surface area contributed by atoms with Gasteiger partial charge in [-0.1, -0.05) is 40.4 Å². The lowest BCUT2D eigenvalue weighted by Crippen LogP contribution is -2.34. The number of alkyl halides is 1. The molecule has 2 atom stereocenters. The number of pyridine rings is 1. The van der Waals surface area contributed by atoms with E-state index < -0.39 is 0 Å². The molecule has 2 unspecified atom stereocenters. The van der Waals surface area contributed by atoms with E-state index in [9.17, 15) is 4.79 Å². The molecule has 0 spiro atoms. The Morgan fingerprint density at radius 3 is 3.00 bits per heavy atom. The van der Waals surface area contributed by atoms with Gasteiger partial charge in [0.05, 0.1) is 10.6 Å². The van der Waals surface area contributed by atoms with Crippen LogP contribution in [0.2, 0.25) is 5.02 Å². The minimum Gasteiger partial charge on any atom is -0.352 e. The fourth-order valence-corrected chi connectivity index (χ4v) is 3.25. The molecule has 0 saturated heterocycles. The van der Waals surface area contributed by atoms with Crippen LogP contribution in [0.4, 0.5) is 0 Å². The molecule has 1 aromatic rings. The Balaban J connectivity index is 1.90. The Hall–Kier alpha value is -0.610. The van der Waals surface area contributed by atoms with Crippen molar-refractivity contribution in [2.75, 3.05) is 6.54 Å². The van der Waals surface area contributed by atoms with Crippen LogP contribution in [0.3, 0.4) is 0 Å². The average molecular weight is 332 g/mol. The maximum absolute atomic E-state index is 12.0. The summed E-state index contributed by atoms with van der Waals surface area (Å²) in [7, 11) is 0. The summed E-state index contributed by atoms with van der Waals surface area (Å²) < 4.78 is 0. The number of hydrogen-bond acceptors (Lipinski definition) is 2. The van der Waals surface area contributed by atoms with Crippen LogP contribution >= 0.6 is 27.5 Å². The van der Waals surface area contributed by atoms with Gasteiger partial charge in [0, 0.05) is 23.8 Å². The fourth-order valence-electron chi connectivity index (χ4n) is 2.27. The van der Waals surface area contributed by atoms with Gasteiger partial charge < -0.3 is 5.32 Å². The van der Waals surface area contributed by atoms with E-state index in [0.29, 0.717) is 27.9 Å². The molecule has 1 aliphatic carbocycles. The second-order valence-electron chi connectivity index (χ2n) is 4.63. The van der Waals surface area contributed by atoms with Gasteiger partial charge in [0.15, 0.2) is 0 Å². The van der Waals surface area contributed by atoms with Crippen molar-refractivity contribution in [2.45, 2.75) is 30.5 Å². The maximum Gasteiger partial charge on any atom is 0.252 e. The van der Waals surface area contributed by atoms with Crippen molar-refractivity contribution in [1.82, 2.24) is 10.3 Å². The van der Waals surface area contributed by atoms with Crippen molar-refractivity contribution in [3.63, 3.8) is 0 Å². The second kappa shape index (κ2) is 6.53. The average Bonchev–Trinajstić information content (AvgIpc) is 2.38. The summed E-state index contributed by atoms with van der Waals surface area (Å²) in [5.74, 6) is 0.399. The van der Waals surface area contributed by atoms with Crippen molar-refractivity contribution in [3.05, 3.63) is 29.0 Å². The number of rotatable bonds is 3. The summed E-state index contributed by atoms with van der Waals surface area (Å²) in [5, 5.41) is 3.36. The topological polar surface area (TPSA) is 42.0 Å². The Morgan fingerprint density at radius 1 is 1.50 bits per heavy atom. The summed E-state index contributed by atoms with van der Waals surface area (Å²) >= 11 is 9.62. The van der Waals surface area contributed by atoms with Crippen LogP contribution in [-0.2, 0) is 0 Å². The van der Waals surface area contributed by atoms with Gasteiger partial charge >= 0.3 is 0 Å². The molecule has 1 heterocycles. The van der Waals surface area contributed by atoms with Gasteiger partial charge in [-0.25, -0.2) is 0 Å². The molecule has 5 heteroatoms. The van der Waals surface area contributed by atoms with Crippen molar-refractivity contribution >= 4 is 33.4 Å². The molecule has 1 aliphatic rings. The Labute approximate surface area is 120 Å². The zero-order valence-electron chi connectivity index (χ0n) is 10.0. The molecule has 0 bridgehead atoms. The lowest BCUT2D eigenvalue weighted by Gasteiger charge is -2.27. The van der Waals surface area contributed by atoms with E-state index in [4.69, 9.17) is 11.6 Å². The van der Waals surface area contributed by atoms with E-state index in [1.807, 2.05) is 0 Å². The van der Waals surface area contributed by atoms with Crippen molar-refractivity contribution < 1.29 is 4.79 Å². The molecule has 1 aromatic heterocycles. The third-order valence-corrected chi connectivity index (χ3v) is 4.86. The van der Waals surface area contributed by atoms with Gasteiger partial charge in [0.2, 0.25) is 0 Å². The number of aromatic nitrogens is 1. The molecule has 3 nitrogen and oxygen atoms in total. The highest BCUT2D eigenvalue weighted by atomic mass is 79.9. The standard InChI is InChI=1S/C13H16BrClN2O/c14-11-4-2-1-3-9(11)7-17-13(18)10-5-6-16-8-12(10)15/h5-6,8-9,11H,1-4,7H2,(H,17,18). The van der Waals surface area contributed by atoms with Gasteiger partial charge in [0.1, 0.15) is 0 Å². The number of nitrogens with one attached hydrogen (secondary N) is 1. The number of nitrogens with zero attached hydrogens (tertiary/aromatic N) is 1. The quantitative estimate of drug-likeness (QED) is 0.862. The predicted octanol–water partition coefficient (Wildman–Crippen LogP) is 3.42. The first-order valence-corrected chi connectivity index (χ1v) is 7.49. The van der Waals surface area contributed by atoms with Gasteiger partial charge in [-0.2, -0.15) is 0 Å². The predicted molar refractivity (Wildman–Crippen MR) is 76.3 cm³/mol. The SMILES string of the molecule is O=C(NCC1CCCCC1Br)c1ccncc1Cl. The van der Waals surface area contributed by atoms with Crippen LogP contribution in [0, 0.1) is 5.92 Å². The summed E-state index contributed by atoms with van der Waals surface area (Å²) in [4.78, 5) is 16.4. The second-order valence-corrected chi connectivity index (χ2v) is 6.21. The third-order valence-electron chi connectivity index (χ3n) is 3.36. The minimum absolute atomic E-state index is 0.118. The van der Waals surface area contributed by atoms with E-state index >= 15 is 0 Å². The highest BCUT2D eigenvalue weighted by molar-refractivity contribution is 9.09. The molecule has 1 amide bonds. The lowest BCUT2D eigenvalue weighted by molar-refractivity contribution is 0.0944. The summed E-state index contributed by atoms with van der Waals surface area (Å²) in [6, 6.07) is 1.64. The molecule has 0 aromatic carbocycles. The molecule has 1 saturated carbocycles. The number of carbonyl (C=O) groups excluding carboxylic acids is 1. The molecule has 2 rings (SSSR count). The van der Waals surface area contributed by atoms with Gasteiger partial charge in [-0.3, -0.25) is 9.78 Å². The van der Waals surface area contributed by atoms with E-state index in [1.54, 1.807) is 12.3 Å². The number of amides is 1. The number of carbonyl (C=O) groups is 1. The zero-order chi connectivity index (χ0) is 13.0. The maximum atomic E-state index is 12.0. The molecule has 1 N–H and O–H groups in total. The van der Waals surface area contributed by atoms with Crippen LogP contribution in [0.25, 0.3) is 0 Å². The Morgan fingerprint density at radius 2 is 2.28 bits per heavy atom. The van der Waals surface area contributed by atoms with Crippen LogP contribution in [0.5, 0.6) is 0 Å². The highest BCUT2D eigenvalue weighted by Gasteiger charge is 2.23. The Bertz CT molecular complexity index is 427. The molecule has 98 valence electrons. The van der Waals surface area contributed by atoms with Crippen LogP contribution in [0.1, 0.15) is 36.0 Å². The normalized spacial score (nSPS) is 23.7. The van der Waals surface area contributed by atoms with E-state index in [2.05, 4.69) is 26.2 Å². The fraction of sp³-hybridized carbons (Fsp3) is 0.538. The first-order chi connectivity index (χ1) is 8.68. The zero-order valence-corrected chi connectivity index (χ0v) is 12.4. The largest absolute Gasteiger partial charge is 0.352 e. The molecular weight excluding hydrogens is 316 g/mol. The summed E-state index contributed by atoms with van der Waals surface area (Å²) in [6.45, 7) is 0.702. The van der Waals surface area contributed by atoms with Gasteiger partial charge in [0.25, 0.3) is 5.91 Å². The third kappa shape index (κ3) is 3.45. The molecule has 1 fully saturated rings. The van der Waals surface area contributed by atoms with Crippen molar-refractivity contribution in [2.24, 2.45) is 5.92 Å². The first-order valence-electron chi connectivity index (χ1n) is 6.20. The number of hydrogen-bond donors (Lipinski definition) is 1. The summed E-state index contributed by atoms with van der Waals surface area (Å²) in [5.41, 5.74) is 0.494. The van der Waals surface area contributed by atoms with E-state index in [0.717, 1.165) is 0 Å². The monoisotopic (exact) mass is 330 g/mol. The van der Waals surface area contributed by atoms with Gasteiger partial charge in [-0.05, 0) is 24.8 Å². The van der Waals surface area contributed by atoms with Crippen molar-refractivity contribution in [1.29, 1.82) is 0 Å². The molecule has 0 radical (unpaired) electrons. The smallest absolute Gasteiger partial charge is 0.252 e. The molecular formula is C13H16BrClN2O. The first kappa shape index (κ1) is 13.8. The molecule has 0 aliphatic heterocycles. The number of halogens is 2. The molecule has 18 heavy (non-hydrogen) atoms. The highest BCUT2D eigenvalue weighted by Crippen LogP contribution is 2.29. The summed E-state index contributed by atoms with van der Waals surface area (Å²) in [6.07, 6.45) is 7.95. The van der Waals surface area contributed by atoms with Crippen LogP contribution in [-0.4, -0.2) is 22.3 Å². The van der Waals surface area contributed by atoms with Crippen LogP contribution in [0.15, 0.2) is 18.5 Å². The Kier molecular flexibility index (Phi) is 5.01.